The minimum absolute atomic E-state index is 0.325. The monoisotopic (exact) mass is 376 g/mol. The Balaban J connectivity index is 1.71. The summed E-state index contributed by atoms with van der Waals surface area (Å²) in [4.78, 5) is 25.8. The van der Waals surface area contributed by atoms with Gasteiger partial charge in [0.15, 0.2) is 0 Å². The van der Waals surface area contributed by atoms with Gasteiger partial charge in [-0.2, -0.15) is 0 Å². The summed E-state index contributed by atoms with van der Waals surface area (Å²) < 4.78 is 1.54. The van der Waals surface area contributed by atoms with Crippen LogP contribution in [-0.4, -0.2) is 9.55 Å². The number of nitrogens with zero attached hydrogens (tertiary/aromatic N) is 1. The lowest BCUT2D eigenvalue weighted by molar-refractivity contribution is 0.544. The lowest BCUT2D eigenvalue weighted by atomic mass is 9.84. The molecule has 0 radical (unpaired) electrons. The number of aromatic amines is 1. The van der Waals surface area contributed by atoms with Gasteiger partial charge < -0.3 is 0 Å². The van der Waals surface area contributed by atoms with Crippen molar-refractivity contribution in [2.24, 2.45) is 0 Å². The maximum Gasteiger partial charge on any atom is 0.328 e. The van der Waals surface area contributed by atoms with E-state index in [4.69, 9.17) is 0 Å². The molecule has 0 aliphatic heterocycles. The molecule has 0 fully saturated rings. The van der Waals surface area contributed by atoms with Crippen molar-refractivity contribution in [3.63, 3.8) is 0 Å². The number of nitrogens with one attached hydrogen (secondary N) is 1. The molecule has 0 saturated heterocycles. The second-order valence-corrected chi connectivity index (χ2v) is 7.59. The molecule has 0 amide bonds. The van der Waals surface area contributed by atoms with Crippen LogP contribution in [0.25, 0.3) is 0 Å². The van der Waals surface area contributed by atoms with Gasteiger partial charge in [-0.05, 0) is 48.3 Å². The van der Waals surface area contributed by atoms with Crippen molar-refractivity contribution >= 4 is 0 Å². The van der Waals surface area contributed by atoms with Gasteiger partial charge >= 0.3 is 5.69 Å². The van der Waals surface area contributed by atoms with Crippen molar-refractivity contribution < 1.29 is 0 Å². The number of aryl methyl sites for hydroxylation is 1. The van der Waals surface area contributed by atoms with Crippen LogP contribution in [-0.2, 0) is 6.54 Å². The lowest BCUT2D eigenvalue weighted by Crippen LogP contribution is -2.31. The molecule has 0 aliphatic rings. The van der Waals surface area contributed by atoms with Crippen LogP contribution in [0.5, 0.6) is 0 Å². The first-order chi connectivity index (χ1) is 13.5. The third-order valence-corrected chi connectivity index (χ3v) is 5.49. The molecule has 2 aromatic carbocycles. The van der Waals surface area contributed by atoms with Crippen LogP contribution in [0, 0.1) is 6.92 Å². The van der Waals surface area contributed by atoms with Crippen LogP contribution < -0.4 is 11.2 Å². The second kappa shape index (κ2) is 8.87. The molecule has 146 valence electrons. The number of hydrogen-bond acceptors (Lipinski definition) is 2. The Labute approximate surface area is 165 Å². The van der Waals surface area contributed by atoms with Gasteiger partial charge in [0.1, 0.15) is 0 Å². The number of benzene rings is 2. The predicted octanol–water partition coefficient (Wildman–Crippen LogP) is 4.58. The Kier molecular flexibility index (Phi) is 6.30. The normalized spacial score (nSPS) is 13.2. The average Bonchev–Trinajstić information content (AvgIpc) is 2.71. The van der Waals surface area contributed by atoms with E-state index in [1.54, 1.807) is 13.1 Å². The van der Waals surface area contributed by atoms with E-state index < -0.39 is 0 Å². The molecular formula is C24H28N2O2. The molecule has 3 aromatic rings. The summed E-state index contributed by atoms with van der Waals surface area (Å²) in [7, 11) is 0. The van der Waals surface area contributed by atoms with Gasteiger partial charge in [0.2, 0.25) is 0 Å². The Hall–Kier alpha value is -2.88. The van der Waals surface area contributed by atoms with E-state index in [-0.39, 0.29) is 11.2 Å². The average molecular weight is 377 g/mol. The summed E-state index contributed by atoms with van der Waals surface area (Å²) in [6.45, 7) is 6.68. The van der Waals surface area contributed by atoms with Crippen LogP contribution in [0.3, 0.4) is 0 Å². The van der Waals surface area contributed by atoms with Crippen molar-refractivity contribution in [1.82, 2.24) is 9.55 Å². The molecule has 28 heavy (non-hydrogen) atoms. The zero-order chi connectivity index (χ0) is 20.1. The molecule has 3 rings (SSSR count). The third kappa shape index (κ3) is 4.69. The molecule has 1 aromatic heterocycles. The third-order valence-electron chi connectivity index (χ3n) is 5.49. The largest absolute Gasteiger partial charge is 0.328 e. The molecular weight excluding hydrogens is 348 g/mol. The lowest BCUT2D eigenvalue weighted by Gasteiger charge is -2.21. The second-order valence-electron chi connectivity index (χ2n) is 7.59. The van der Waals surface area contributed by atoms with Gasteiger partial charge in [-0.1, -0.05) is 68.4 Å². The Morgan fingerprint density at radius 2 is 1.64 bits per heavy atom. The van der Waals surface area contributed by atoms with Crippen LogP contribution >= 0.6 is 0 Å². The molecule has 0 aliphatic carbocycles. The summed E-state index contributed by atoms with van der Waals surface area (Å²) in [6, 6.07) is 19.2. The molecule has 0 spiro atoms. The molecule has 0 saturated carbocycles. The maximum atomic E-state index is 12.0. The fraction of sp³-hybridized carbons (Fsp3) is 0.333. The van der Waals surface area contributed by atoms with E-state index in [0.29, 0.717) is 23.9 Å². The summed E-state index contributed by atoms with van der Waals surface area (Å²) in [6.07, 6.45) is 3.85. The minimum Gasteiger partial charge on any atom is -0.296 e. The number of aromatic nitrogens is 2. The van der Waals surface area contributed by atoms with E-state index in [0.717, 1.165) is 18.4 Å². The number of rotatable bonds is 7. The molecule has 4 heteroatoms. The van der Waals surface area contributed by atoms with Gasteiger partial charge in [0.25, 0.3) is 5.56 Å². The fourth-order valence-electron chi connectivity index (χ4n) is 3.71. The van der Waals surface area contributed by atoms with E-state index in [1.807, 2.05) is 0 Å². The van der Waals surface area contributed by atoms with Crippen LogP contribution in [0.4, 0.5) is 0 Å². The highest BCUT2D eigenvalue weighted by Crippen LogP contribution is 2.31. The predicted molar refractivity (Wildman–Crippen MR) is 114 cm³/mol. The Morgan fingerprint density at radius 1 is 0.964 bits per heavy atom. The first-order valence-corrected chi connectivity index (χ1v) is 9.92. The minimum atomic E-state index is -0.373. The molecule has 1 heterocycles. The van der Waals surface area contributed by atoms with Gasteiger partial charge in [0.05, 0.1) is 6.54 Å². The Bertz CT molecular complexity index is 1020. The topological polar surface area (TPSA) is 54.9 Å². The van der Waals surface area contributed by atoms with Gasteiger partial charge in [-0.3, -0.25) is 14.3 Å². The van der Waals surface area contributed by atoms with E-state index in [2.05, 4.69) is 73.4 Å². The van der Waals surface area contributed by atoms with Crippen molar-refractivity contribution in [1.29, 1.82) is 0 Å². The summed E-state index contributed by atoms with van der Waals surface area (Å²) in [5.41, 5.74) is 3.59. The molecule has 0 bridgehead atoms. The Morgan fingerprint density at radius 3 is 2.29 bits per heavy atom. The molecule has 4 nitrogen and oxygen atoms in total. The summed E-state index contributed by atoms with van der Waals surface area (Å²) in [5, 5.41) is 0. The zero-order valence-corrected chi connectivity index (χ0v) is 16.8. The van der Waals surface area contributed by atoms with E-state index in [1.165, 1.54) is 15.7 Å². The fourth-order valence-corrected chi connectivity index (χ4v) is 3.71. The highest BCUT2D eigenvalue weighted by atomic mass is 16.2. The summed E-state index contributed by atoms with van der Waals surface area (Å²) in [5.74, 6) is 1.01. The smallest absolute Gasteiger partial charge is 0.296 e. The van der Waals surface area contributed by atoms with Crippen molar-refractivity contribution in [2.45, 2.75) is 52.0 Å². The van der Waals surface area contributed by atoms with Crippen molar-refractivity contribution in [3.05, 3.63) is 104 Å². The first-order valence-electron chi connectivity index (χ1n) is 9.92. The van der Waals surface area contributed by atoms with Crippen molar-refractivity contribution in [3.8, 4) is 0 Å². The van der Waals surface area contributed by atoms with Crippen LogP contribution in [0.15, 0.2) is 70.4 Å². The van der Waals surface area contributed by atoms with Gasteiger partial charge in [-0.15, -0.1) is 0 Å². The zero-order valence-electron chi connectivity index (χ0n) is 16.8. The van der Waals surface area contributed by atoms with Crippen molar-refractivity contribution in [2.75, 3.05) is 0 Å². The standard InChI is InChI=1S/C24H28N2O2/c1-4-20(22-8-6-5-7-9-22)14-17(2)21-12-10-19(11-13-21)16-26-15-18(3)23(27)25-24(26)28/h5-13,15,17,20H,4,14,16H2,1-3H3,(H,25,27,28). The van der Waals surface area contributed by atoms with Gasteiger partial charge in [-0.25, -0.2) is 4.79 Å². The summed E-state index contributed by atoms with van der Waals surface area (Å²) >= 11 is 0. The highest BCUT2D eigenvalue weighted by Gasteiger charge is 2.15. The molecule has 1 N–H and O–H groups in total. The van der Waals surface area contributed by atoms with Gasteiger partial charge in [0, 0.05) is 11.8 Å². The van der Waals surface area contributed by atoms with E-state index in [9.17, 15) is 9.59 Å². The maximum absolute atomic E-state index is 12.0. The number of H-pyrrole nitrogens is 1. The highest BCUT2D eigenvalue weighted by molar-refractivity contribution is 5.27. The number of hydrogen-bond donors (Lipinski definition) is 1. The van der Waals surface area contributed by atoms with E-state index >= 15 is 0 Å². The quantitative estimate of drug-likeness (QED) is 0.656. The molecule has 2 atom stereocenters. The van der Waals surface area contributed by atoms with Crippen LogP contribution in [0.2, 0.25) is 0 Å². The molecule has 2 unspecified atom stereocenters. The first kappa shape index (κ1) is 19.9. The van der Waals surface area contributed by atoms with Crippen LogP contribution in [0.1, 0.15) is 60.8 Å². The SMILES string of the molecule is CCC(CC(C)c1ccc(Cn2cc(C)c(=O)[nH]c2=O)cc1)c1ccccc1.